The second-order valence-electron chi connectivity index (χ2n) is 8.47. The zero-order valence-electron chi connectivity index (χ0n) is 19.6. The number of hydrogen-bond donors (Lipinski definition) is 2. The Bertz CT molecular complexity index is 1750. The van der Waals surface area contributed by atoms with E-state index < -0.39 is 22.9 Å². The number of hydrogen-bond acceptors (Lipinski definition) is 9. The molecule has 0 unspecified atom stereocenters. The standard InChI is InChI=1S/C28H20O9/c1-33-21(30)12-16-22-27-23(17(29)13-19(36-27)14-5-3-2-4-6-14)24(31)25(32)28(22)37-26(16)15-7-8-18-20(11-15)35-10-9-34-18/h2-8,11,13,31-32H,9-10,12H2,1H3. The number of phenols is 2. The minimum Gasteiger partial charge on any atom is -0.504 e. The number of esters is 1. The number of furan rings is 1. The molecule has 3 aromatic carbocycles. The Balaban J connectivity index is 1.71. The second-order valence-corrected chi connectivity index (χ2v) is 8.47. The molecule has 2 aromatic heterocycles. The van der Waals surface area contributed by atoms with Gasteiger partial charge in [0.1, 0.15) is 30.1 Å². The molecular weight excluding hydrogens is 480 g/mol. The predicted molar refractivity (Wildman–Crippen MR) is 133 cm³/mol. The fraction of sp³-hybridized carbons (Fsp3) is 0.143. The summed E-state index contributed by atoms with van der Waals surface area (Å²) in [5.74, 6) is -0.389. The van der Waals surface area contributed by atoms with Gasteiger partial charge in [-0.3, -0.25) is 9.59 Å². The Morgan fingerprint density at radius 2 is 1.62 bits per heavy atom. The van der Waals surface area contributed by atoms with Gasteiger partial charge in [-0.1, -0.05) is 30.3 Å². The fourth-order valence-electron chi connectivity index (χ4n) is 4.54. The number of carbonyl (C=O) groups is 1. The van der Waals surface area contributed by atoms with Gasteiger partial charge in [0.05, 0.1) is 18.9 Å². The van der Waals surface area contributed by atoms with Gasteiger partial charge in [0.15, 0.2) is 33.8 Å². The molecule has 6 rings (SSSR count). The quantitative estimate of drug-likeness (QED) is 0.265. The summed E-state index contributed by atoms with van der Waals surface area (Å²) in [6.07, 6.45) is -0.258. The highest BCUT2D eigenvalue weighted by Gasteiger charge is 2.29. The van der Waals surface area contributed by atoms with Crippen LogP contribution in [0.2, 0.25) is 0 Å². The average Bonchev–Trinajstić information content (AvgIpc) is 3.30. The van der Waals surface area contributed by atoms with Crippen LogP contribution in [0.1, 0.15) is 5.56 Å². The molecule has 9 nitrogen and oxygen atoms in total. The smallest absolute Gasteiger partial charge is 0.310 e. The van der Waals surface area contributed by atoms with Crippen molar-refractivity contribution in [1.29, 1.82) is 0 Å². The number of carbonyl (C=O) groups excluding carboxylic acids is 1. The Morgan fingerprint density at radius 3 is 2.38 bits per heavy atom. The molecule has 0 bridgehead atoms. The molecular formula is C28H20O9. The zero-order valence-corrected chi connectivity index (χ0v) is 19.6. The van der Waals surface area contributed by atoms with Crippen LogP contribution in [0.15, 0.2) is 68.2 Å². The second kappa shape index (κ2) is 8.63. The van der Waals surface area contributed by atoms with E-state index in [4.69, 9.17) is 23.0 Å². The maximum absolute atomic E-state index is 13.1. The molecule has 0 saturated carbocycles. The summed E-state index contributed by atoms with van der Waals surface area (Å²) < 4.78 is 28.4. The van der Waals surface area contributed by atoms with Crippen molar-refractivity contribution in [2.24, 2.45) is 0 Å². The van der Waals surface area contributed by atoms with Gasteiger partial charge in [-0.2, -0.15) is 0 Å². The number of aromatic hydroxyl groups is 2. The highest BCUT2D eigenvalue weighted by molar-refractivity contribution is 6.13. The average molecular weight is 500 g/mol. The first-order chi connectivity index (χ1) is 18.0. The summed E-state index contributed by atoms with van der Waals surface area (Å²) in [5.41, 5.74) is 0.735. The van der Waals surface area contributed by atoms with Crippen LogP contribution >= 0.6 is 0 Å². The van der Waals surface area contributed by atoms with Crippen molar-refractivity contribution in [3.8, 4) is 45.6 Å². The van der Waals surface area contributed by atoms with E-state index in [1.807, 2.05) is 6.07 Å². The highest BCUT2D eigenvalue weighted by atomic mass is 16.6. The monoisotopic (exact) mass is 500 g/mol. The predicted octanol–water partition coefficient (Wildman–Crippen LogP) is 4.77. The molecule has 37 heavy (non-hydrogen) atoms. The van der Waals surface area contributed by atoms with E-state index in [2.05, 4.69) is 0 Å². The SMILES string of the molecule is COC(=O)Cc1c(-c2ccc3c(c2)OCCO3)oc2c(O)c(O)c3c(=O)cc(-c4ccccc4)oc3c12. The van der Waals surface area contributed by atoms with Crippen molar-refractivity contribution in [3.05, 3.63) is 70.4 Å². The summed E-state index contributed by atoms with van der Waals surface area (Å²) in [4.78, 5) is 25.6. The lowest BCUT2D eigenvalue weighted by Gasteiger charge is -2.18. The Labute approximate surface area is 209 Å². The molecule has 0 spiro atoms. The first-order valence-corrected chi connectivity index (χ1v) is 11.5. The van der Waals surface area contributed by atoms with Crippen LogP contribution in [0.3, 0.4) is 0 Å². The first-order valence-electron chi connectivity index (χ1n) is 11.5. The lowest BCUT2D eigenvalue weighted by Crippen LogP contribution is -2.15. The van der Waals surface area contributed by atoms with Crippen LogP contribution < -0.4 is 14.9 Å². The van der Waals surface area contributed by atoms with Gasteiger partial charge in [-0.15, -0.1) is 0 Å². The molecule has 5 aromatic rings. The van der Waals surface area contributed by atoms with E-state index in [0.717, 1.165) is 0 Å². The summed E-state index contributed by atoms with van der Waals surface area (Å²) in [7, 11) is 1.25. The molecule has 0 radical (unpaired) electrons. The third kappa shape index (κ3) is 3.63. The van der Waals surface area contributed by atoms with Crippen molar-refractivity contribution >= 4 is 27.9 Å². The van der Waals surface area contributed by atoms with Gasteiger partial charge < -0.3 is 33.3 Å². The van der Waals surface area contributed by atoms with Gasteiger partial charge in [-0.25, -0.2) is 0 Å². The molecule has 186 valence electrons. The molecule has 0 aliphatic carbocycles. The van der Waals surface area contributed by atoms with Gasteiger partial charge in [-0.05, 0) is 18.2 Å². The third-order valence-corrected chi connectivity index (χ3v) is 6.27. The Kier molecular flexibility index (Phi) is 5.26. The fourth-order valence-corrected chi connectivity index (χ4v) is 4.54. The van der Waals surface area contributed by atoms with Crippen LogP contribution in [0.5, 0.6) is 23.0 Å². The van der Waals surface area contributed by atoms with Crippen molar-refractivity contribution in [3.63, 3.8) is 0 Å². The minimum absolute atomic E-state index is 0.0249. The maximum Gasteiger partial charge on any atom is 0.310 e. The van der Waals surface area contributed by atoms with Crippen molar-refractivity contribution in [2.75, 3.05) is 20.3 Å². The normalized spacial score (nSPS) is 12.7. The van der Waals surface area contributed by atoms with Crippen molar-refractivity contribution in [1.82, 2.24) is 0 Å². The van der Waals surface area contributed by atoms with E-state index in [0.29, 0.717) is 41.4 Å². The van der Waals surface area contributed by atoms with Gasteiger partial charge >= 0.3 is 5.97 Å². The molecule has 0 atom stereocenters. The summed E-state index contributed by atoms with van der Waals surface area (Å²) >= 11 is 0. The molecule has 1 aliphatic heterocycles. The van der Waals surface area contributed by atoms with Crippen molar-refractivity contribution in [2.45, 2.75) is 6.42 Å². The maximum atomic E-state index is 13.1. The van der Waals surface area contributed by atoms with Gasteiger partial charge in [0, 0.05) is 22.8 Å². The largest absolute Gasteiger partial charge is 0.504 e. The lowest BCUT2D eigenvalue weighted by atomic mass is 9.99. The molecule has 2 N–H and O–H groups in total. The molecule has 1 aliphatic rings. The van der Waals surface area contributed by atoms with Crippen LogP contribution in [0, 0.1) is 0 Å². The topological polar surface area (TPSA) is 129 Å². The number of fused-ring (bicyclic) bond motifs is 4. The van der Waals surface area contributed by atoms with Crippen LogP contribution in [-0.4, -0.2) is 36.5 Å². The van der Waals surface area contributed by atoms with Crippen LogP contribution in [-0.2, 0) is 16.0 Å². The number of ether oxygens (including phenoxy) is 3. The third-order valence-electron chi connectivity index (χ3n) is 6.27. The Morgan fingerprint density at radius 1 is 0.865 bits per heavy atom. The van der Waals surface area contributed by atoms with E-state index in [9.17, 15) is 19.8 Å². The molecule has 0 amide bonds. The zero-order chi connectivity index (χ0) is 25.7. The van der Waals surface area contributed by atoms with Gasteiger partial charge in [0.25, 0.3) is 0 Å². The molecule has 0 fully saturated rings. The Hall–Kier alpha value is -4.92. The number of phenolic OH excluding ortho intramolecular Hbond substituents is 2. The lowest BCUT2D eigenvalue weighted by molar-refractivity contribution is -0.139. The van der Waals surface area contributed by atoms with E-state index >= 15 is 0 Å². The summed E-state index contributed by atoms with van der Waals surface area (Å²) in [5, 5.41) is 21.6. The summed E-state index contributed by atoms with van der Waals surface area (Å²) in [6, 6.07) is 15.3. The van der Waals surface area contributed by atoms with E-state index in [1.165, 1.54) is 13.2 Å². The van der Waals surface area contributed by atoms with E-state index in [1.54, 1.807) is 42.5 Å². The molecule has 9 heteroatoms. The first kappa shape index (κ1) is 22.5. The molecule has 3 heterocycles. The van der Waals surface area contributed by atoms with Crippen LogP contribution in [0.4, 0.5) is 0 Å². The highest BCUT2D eigenvalue weighted by Crippen LogP contribution is 2.48. The van der Waals surface area contributed by atoms with Crippen molar-refractivity contribution < 1.29 is 38.1 Å². The number of methoxy groups -OCH3 is 1. The molecule has 0 saturated heterocycles. The van der Waals surface area contributed by atoms with E-state index in [-0.39, 0.29) is 39.9 Å². The summed E-state index contributed by atoms with van der Waals surface area (Å²) in [6.45, 7) is 0.796. The minimum atomic E-state index is -0.678. The number of benzene rings is 3. The van der Waals surface area contributed by atoms with Gasteiger partial charge in [0.2, 0.25) is 5.75 Å². The van der Waals surface area contributed by atoms with Crippen LogP contribution in [0.25, 0.3) is 44.6 Å². The number of rotatable bonds is 4.